The van der Waals surface area contributed by atoms with Gasteiger partial charge in [0.05, 0.1) is 25.1 Å². The van der Waals surface area contributed by atoms with Gasteiger partial charge in [-0.3, -0.25) is 4.84 Å². The van der Waals surface area contributed by atoms with Crippen LogP contribution in [0.4, 0.5) is 4.39 Å². The molecule has 0 aliphatic carbocycles. The Morgan fingerprint density at radius 2 is 2.33 bits per heavy atom. The molecular formula is C10H12FNO2S. The molecule has 1 aromatic carbocycles. The normalized spacial score (nSPS) is 16.4. The molecule has 0 saturated carbocycles. The van der Waals surface area contributed by atoms with Gasteiger partial charge in [-0.25, -0.2) is 10.3 Å². The standard InChI is InChI=1S/C10H12FNO2S/c11-9-3-7(4-14-12)1-2-10(9)15-8-5-13-6-8/h1-3,8H,4-6,12H2. The van der Waals surface area contributed by atoms with Crippen molar-refractivity contribution in [2.45, 2.75) is 16.8 Å². The Labute approximate surface area is 91.7 Å². The molecule has 0 unspecified atom stereocenters. The average molecular weight is 229 g/mol. The lowest BCUT2D eigenvalue weighted by atomic mass is 10.2. The molecule has 2 N–H and O–H groups in total. The summed E-state index contributed by atoms with van der Waals surface area (Å²) in [6.45, 7) is 1.64. The molecule has 5 heteroatoms. The van der Waals surface area contributed by atoms with E-state index in [1.807, 2.05) is 6.07 Å². The van der Waals surface area contributed by atoms with Gasteiger partial charge in [0.15, 0.2) is 0 Å². The summed E-state index contributed by atoms with van der Waals surface area (Å²) < 4.78 is 18.6. The number of nitrogens with two attached hydrogens (primary N) is 1. The first-order valence-electron chi connectivity index (χ1n) is 4.64. The fourth-order valence-electron chi connectivity index (χ4n) is 1.29. The molecule has 1 aliphatic rings. The lowest BCUT2D eigenvalue weighted by Gasteiger charge is -2.25. The monoisotopic (exact) mass is 229 g/mol. The molecule has 0 radical (unpaired) electrons. The third-order valence-corrected chi connectivity index (χ3v) is 3.34. The molecule has 1 aromatic rings. The van der Waals surface area contributed by atoms with Crippen LogP contribution in [0.2, 0.25) is 0 Å². The van der Waals surface area contributed by atoms with Crippen LogP contribution in [-0.4, -0.2) is 18.5 Å². The van der Waals surface area contributed by atoms with E-state index in [1.54, 1.807) is 6.07 Å². The third kappa shape index (κ3) is 2.69. The second-order valence-electron chi connectivity index (χ2n) is 3.35. The van der Waals surface area contributed by atoms with E-state index in [0.717, 1.165) is 5.56 Å². The van der Waals surface area contributed by atoms with Crippen molar-refractivity contribution in [2.24, 2.45) is 5.90 Å². The second kappa shape index (κ2) is 4.94. The van der Waals surface area contributed by atoms with Crippen LogP contribution in [0.5, 0.6) is 0 Å². The van der Waals surface area contributed by atoms with Crippen LogP contribution in [-0.2, 0) is 16.2 Å². The van der Waals surface area contributed by atoms with Crippen LogP contribution in [0.1, 0.15) is 5.56 Å². The van der Waals surface area contributed by atoms with Gasteiger partial charge >= 0.3 is 0 Å². The maximum atomic E-state index is 13.5. The van der Waals surface area contributed by atoms with Crippen LogP contribution < -0.4 is 5.90 Å². The highest BCUT2D eigenvalue weighted by Gasteiger charge is 2.20. The Morgan fingerprint density at radius 1 is 1.53 bits per heavy atom. The quantitative estimate of drug-likeness (QED) is 0.798. The van der Waals surface area contributed by atoms with Gasteiger partial charge in [0.1, 0.15) is 5.82 Å². The Balaban J connectivity index is 2.04. The van der Waals surface area contributed by atoms with Crippen molar-refractivity contribution >= 4 is 11.8 Å². The first kappa shape index (κ1) is 10.9. The molecule has 1 fully saturated rings. The predicted octanol–water partition coefficient (Wildman–Crippen LogP) is 1.71. The number of halogens is 1. The number of thioether (sulfide) groups is 1. The molecule has 15 heavy (non-hydrogen) atoms. The van der Waals surface area contributed by atoms with E-state index in [2.05, 4.69) is 4.84 Å². The van der Waals surface area contributed by atoms with Crippen molar-refractivity contribution in [2.75, 3.05) is 13.2 Å². The van der Waals surface area contributed by atoms with Gasteiger partial charge in [-0.1, -0.05) is 6.07 Å². The summed E-state index contributed by atoms with van der Waals surface area (Å²) in [7, 11) is 0. The highest BCUT2D eigenvalue weighted by Crippen LogP contribution is 2.30. The van der Waals surface area contributed by atoms with E-state index >= 15 is 0 Å². The first-order valence-corrected chi connectivity index (χ1v) is 5.52. The maximum Gasteiger partial charge on any atom is 0.137 e. The van der Waals surface area contributed by atoms with Crippen molar-refractivity contribution < 1.29 is 14.0 Å². The zero-order chi connectivity index (χ0) is 10.7. The molecule has 0 bridgehead atoms. The second-order valence-corrected chi connectivity index (χ2v) is 4.70. The number of hydrogen-bond acceptors (Lipinski definition) is 4. The van der Waals surface area contributed by atoms with Crippen molar-refractivity contribution in [3.63, 3.8) is 0 Å². The molecule has 0 spiro atoms. The SMILES string of the molecule is NOCc1ccc(SC2COC2)c(F)c1. The molecule has 0 aromatic heterocycles. The maximum absolute atomic E-state index is 13.5. The molecular weight excluding hydrogens is 217 g/mol. The summed E-state index contributed by atoms with van der Waals surface area (Å²) in [6, 6.07) is 5.03. The molecule has 0 atom stereocenters. The first-order chi connectivity index (χ1) is 7.29. The summed E-state index contributed by atoms with van der Waals surface area (Å²) in [5.41, 5.74) is 0.740. The molecule has 2 rings (SSSR count). The summed E-state index contributed by atoms with van der Waals surface area (Å²) in [5.74, 6) is 4.69. The van der Waals surface area contributed by atoms with E-state index < -0.39 is 0 Å². The van der Waals surface area contributed by atoms with E-state index in [4.69, 9.17) is 10.6 Å². The summed E-state index contributed by atoms with van der Waals surface area (Å²) >= 11 is 1.51. The number of ether oxygens (including phenoxy) is 1. The lowest BCUT2D eigenvalue weighted by molar-refractivity contribution is 0.0455. The van der Waals surface area contributed by atoms with Crippen molar-refractivity contribution in [3.8, 4) is 0 Å². The topological polar surface area (TPSA) is 44.5 Å². The van der Waals surface area contributed by atoms with Crippen molar-refractivity contribution in [1.82, 2.24) is 0 Å². The van der Waals surface area contributed by atoms with E-state index in [0.29, 0.717) is 23.4 Å². The van der Waals surface area contributed by atoms with Crippen LogP contribution in [0.25, 0.3) is 0 Å². The van der Waals surface area contributed by atoms with Crippen LogP contribution in [0.3, 0.4) is 0 Å². The molecule has 82 valence electrons. The van der Waals surface area contributed by atoms with Crippen LogP contribution in [0, 0.1) is 5.82 Å². The minimum absolute atomic E-state index is 0.221. The zero-order valence-corrected chi connectivity index (χ0v) is 8.93. The van der Waals surface area contributed by atoms with E-state index in [1.165, 1.54) is 17.8 Å². The van der Waals surface area contributed by atoms with Gasteiger partial charge in [-0.05, 0) is 17.7 Å². The van der Waals surface area contributed by atoms with Crippen molar-refractivity contribution in [1.29, 1.82) is 0 Å². The summed E-state index contributed by atoms with van der Waals surface area (Å²) in [4.78, 5) is 5.10. The predicted molar refractivity (Wildman–Crippen MR) is 55.8 cm³/mol. The smallest absolute Gasteiger partial charge is 0.137 e. The molecule has 1 heterocycles. The largest absolute Gasteiger partial charge is 0.379 e. The van der Waals surface area contributed by atoms with Gasteiger partial charge in [-0.15, -0.1) is 11.8 Å². The van der Waals surface area contributed by atoms with Gasteiger partial charge in [0.25, 0.3) is 0 Å². The van der Waals surface area contributed by atoms with Gasteiger partial charge in [0.2, 0.25) is 0 Å². The third-order valence-electron chi connectivity index (χ3n) is 2.15. The van der Waals surface area contributed by atoms with E-state index in [-0.39, 0.29) is 12.4 Å². The Bertz CT molecular complexity index is 344. The molecule has 1 aliphatic heterocycles. The minimum Gasteiger partial charge on any atom is -0.379 e. The zero-order valence-electron chi connectivity index (χ0n) is 8.11. The molecule has 1 saturated heterocycles. The highest BCUT2D eigenvalue weighted by atomic mass is 32.2. The summed E-state index contributed by atoms with van der Waals surface area (Å²) in [6.07, 6.45) is 0. The van der Waals surface area contributed by atoms with Gasteiger partial charge in [-0.2, -0.15) is 0 Å². The number of hydrogen-bond donors (Lipinski definition) is 1. The summed E-state index contributed by atoms with van der Waals surface area (Å²) in [5, 5.41) is 0.385. The Hall–Kier alpha value is -0.620. The fourth-order valence-corrected chi connectivity index (χ4v) is 2.29. The number of rotatable bonds is 4. The van der Waals surface area contributed by atoms with Crippen LogP contribution in [0.15, 0.2) is 23.1 Å². The number of benzene rings is 1. The van der Waals surface area contributed by atoms with Gasteiger partial charge in [0, 0.05) is 4.90 Å². The average Bonchev–Trinajstić information content (AvgIpc) is 2.14. The van der Waals surface area contributed by atoms with Gasteiger partial charge < -0.3 is 4.74 Å². The Morgan fingerprint density at radius 3 is 2.87 bits per heavy atom. The fraction of sp³-hybridized carbons (Fsp3) is 0.400. The Kier molecular flexibility index (Phi) is 3.58. The molecule has 0 amide bonds. The highest BCUT2D eigenvalue weighted by molar-refractivity contribution is 8.00. The van der Waals surface area contributed by atoms with Crippen LogP contribution >= 0.6 is 11.8 Å². The minimum atomic E-state index is -0.221. The van der Waals surface area contributed by atoms with E-state index in [9.17, 15) is 4.39 Å². The lowest BCUT2D eigenvalue weighted by Crippen LogP contribution is -2.30. The van der Waals surface area contributed by atoms with Crippen molar-refractivity contribution in [3.05, 3.63) is 29.6 Å². The molecule has 3 nitrogen and oxygen atoms in total.